The van der Waals surface area contributed by atoms with E-state index in [1.165, 1.54) is 0 Å². The summed E-state index contributed by atoms with van der Waals surface area (Å²) in [5.41, 5.74) is 1.81. The number of benzene rings is 2. The molecule has 1 saturated heterocycles. The summed E-state index contributed by atoms with van der Waals surface area (Å²) in [6, 6.07) is 16.3. The number of halogens is 1. The fourth-order valence-corrected chi connectivity index (χ4v) is 3.84. The van der Waals surface area contributed by atoms with Crippen molar-refractivity contribution in [3.05, 3.63) is 70.7 Å². The van der Waals surface area contributed by atoms with Crippen molar-refractivity contribution in [2.75, 3.05) is 6.61 Å². The summed E-state index contributed by atoms with van der Waals surface area (Å²) in [5.74, 6) is -1.15. The monoisotopic (exact) mass is 456 g/mol. The molecular weight excluding hydrogens is 428 g/mol. The van der Waals surface area contributed by atoms with E-state index in [2.05, 4.69) is 10.6 Å². The molecule has 170 valence electrons. The van der Waals surface area contributed by atoms with Crippen LogP contribution in [0.3, 0.4) is 0 Å². The Bertz CT molecular complexity index is 902. The molecule has 2 unspecified atom stereocenters. The van der Waals surface area contributed by atoms with Gasteiger partial charge in [-0.3, -0.25) is 14.4 Å². The largest absolute Gasteiger partial charge is 0.463 e. The van der Waals surface area contributed by atoms with Crippen LogP contribution in [0.1, 0.15) is 55.7 Å². The third kappa shape index (κ3) is 7.68. The summed E-state index contributed by atoms with van der Waals surface area (Å²) in [6.45, 7) is 0.414. The first-order valence-corrected chi connectivity index (χ1v) is 11.4. The Kier molecular flexibility index (Phi) is 9.11. The first kappa shape index (κ1) is 23.8. The average molecular weight is 457 g/mol. The molecule has 2 aromatic rings. The molecule has 1 aliphatic rings. The Hall–Kier alpha value is -2.86. The molecule has 32 heavy (non-hydrogen) atoms. The van der Waals surface area contributed by atoms with Crippen LogP contribution in [-0.2, 0) is 25.7 Å². The maximum absolute atomic E-state index is 12.8. The van der Waals surface area contributed by atoms with Gasteiger partial charge in [0.25, 0.3) is 0 Å². The summed E-state index contributed by atoms with van der Waals surface area (Å²) in [6.07, 6.45) is 3.40. The van der Waals surface area contributed by atoms with E-state index in [1.54, 1.807) is 12.1 Å². The van der Waals surface area contributed by atoms with Crippen LogP contribution in [0.5, 0.6) is 0 Å². The van der Waals surface area contributed by atoms with E-state index in [0.29, 0.717) is 24.4 Å². The minimum Gasteiger partial charge on any atom is -0.463 e. The van der Waals surface area contributed by atoms with Gasteiger partial charge in [-0.1, -0.05) is 66.9 Å². The fraction of sp³-hybridized carbons (Fsp3) is 0.400. The zero-order valence-electron chi connectivity index (χ0n) is 18.0. The van der Waals surface area contributed by atoms with E-state index in [-0.39, 0.29) is 24.8 Å². The third-order valence-electron chi connectivity index (χ3n) is 5.55. The standard InChI is InChI=1S/C25H29ClN2O4/c26-21-13-11-18(12-14-21)16-27-24(30)15-20-9-5-2-6-10-23(29)28-22(17-32-25(20)31)19-7-3-1-4-8-19/h1,3-4,7-8,11-14,20,22H,2,5-6,9-10,15-17H2,(H,27,30)(H,28,29). The maximum atomic E-state index is 12.8. The number of hydrogen-bond donors (Lipinski definition) is 2. The highest BCUT2D eigenvalue weighted by Crippen LogP contribution is 2.21. The molecule has 7 heteroatoms. The van der Waals surface area contributed by atoms with Crippen LogP contribution in [0.25, 0.3) is 0 Å². The molecule has 2 N–H and O–H groups in total. The fourth-order valence-electron chi connectivity index (χ4n) is 3.71. The Labute approximate surface area is 193 Å². The van der Waals surface area contributed by atoms with Gasteiger partial charge in [0.05, 0.1) is 12.0 Å². The predicted molar refractivity (Wildman–Crippen MR) is 123 cm³/mol. The van der Waals surface area contributed by atoms with Crippen molar-refractivity contribution >= 4 is 29.4 Å². The van der Waals surface area contributed by atoms with Gasteiger partial charge >= 0.3 is 5.97 Å². The second-order valence-corrected chi connectivity index (χ2v) is 8.50. The van der Waals surface area contributed by atoms with Crippen LogP contribution in [-0.4, -0.2) is 24.4 Å². The second-order valence-electron chi connectivity index (χ2n) is 8.06. The van der Waals surface area contributed by atoms with Crippen LogP contribution >= 0.6 is 11.6 Å². The summed E-state index contributed by atoms with van der Waals surface area (Å²) in [7, 11) is 0. The lowest BCUT2D eigenvalue weighted by Gasteiger charge is -2.22. The summed E-state index contributed by atoms with van der Waals surface area (Å²) >= 11 is 5.89. The molecule has 2 amide bonds. The third-order valence-corrected chi connectivity index (χ3v) is 5.81. The smallest absolute Gasteiger partial charge is 0.309 e. The van der Waals surface area contributed by atoms with Crippen molar-refractivity contribution in [3.8, 4) is 0 Å². The van der Waals surface area contributed by atoms with Crippen LogP contribution < -0.4 is 10.6 Å². The molecule has 1 heterocycles. The van der Waals surface area contributed by atoms with Gasteiger partial charge in [0.1, 0.15) is 6.61 Å². The van der Waals surface area contributed by atoms with Crippen molar-refractivity contribution in [2.24, 2.45) is 5.92 Å². The predicted octanol–water partition coefficient (Wildman–Crippen LogP) is 4.33. The molecule has 3 rings (SSSR count). The number of amides is 2. The van der Waals surface area contributed by atoms with Gasteiger partial charge < -0.3 is 15.4 Å². The van der Waals surface area contributed by atoms with Crippen molar-refractivity contribution < 1.29 is 19.1 Å². The molecule has 6 nitrogen and oxygen atoms in total. The van der Waals surface area contributed by atoms with E-state index in [0.717, 1.165) is 30.4 Å². The maximum Gasteiger partial charge on any atom is 0.309 e. The minimum atomic E-state index is -0.508. The van der Waals surface area contributed by atoms with Crippen LogP contribution in [0.15, 0.2) is 54.6 Å². The number of hydrogen-bond acceptors (Lipinski definition) is 4. The summed E-state index contributed by atoms with van der Waals surface area (Å²) < 4.78 is 5.57. The highest BCUT2D eigenvalue weighted by molar-refractivity contribution is 6.30. The molecule has 1 fully saturated rings. The van der Waals surface area contributed by atoms with Crippen LogP contribution in [0.4, 0.5) is 0 Å². The molecule has 2 atom stereocenters. The van der Waals surface area contributed by atoms with Gasteiger partial charge in [0.2, 0.25) is 11.8 Å². The lowest BCUT2D eigenvalue weighted by Crippen LogP contribution is -2.34. The normalized spacial score (nSPS) is 20.3. The topological polar surface area (TPSA) is 84.5 Å². The highest BCUT2D eigenvalue weighted by atomic mass is 35.5. The van der Waals surface area contributed by atoms with Crippen LogP contribution in [0.2, 0.25) is 5.02 Å². The first-order valence-electron chi connectivity index (χ1n) is 11.0. The molecule has 0 spiro atoms. The molecular formula is C25H29ClN2O4. The molecule has 0 aromatic heterocycles. The first-order chi connectivity index (χ1) is 15.5. The van der Waals surface area contributed by atoms with Crippen LogP contribution in [0, 0.1) is 5.92 Å². The Morgan fingerprint density at radius 3 is 2.53 bits per heavy atom. The Balaban J connectivity index is 1.60. The molecule has 0 bridgehead atoms. The number of ether oxygens (including phenoxy) is 1. The summed E-state index contributed by atoms with van der Waals surface area (Å²) in [5, 5.41) is 6.47. The Morgan fingerprint density at radius 2 is 1.78 bits per heavy atom. The van der Waals surface area contributed by atoms with Gasteiger partial charge in [-0.05, 0) is 36.1 Å². The van der Waals surface area contributed by atoms with E-state index in [4.69, 9.17) is 16.3 Å². The molecule has 0 radical (unpaired) electrons. The lowest BCUT2D eigenvalue weighted by atomic mass is 9.96. The number of carbonyl (C=O) groups is 3. The zero-order valence-corrected chi connectivity index (χ0v) is 18.8. The number of rotatable bonds is 5. The lowest BCUT2D eigenvalue weighted by molar-refractivity contribution is -0.152. The van der Waals surface area contributed by atoms with Crippen molar-refractivity contribution in [1.82, 2.24) is 10.6 Å². The van der Waals surface area contributed by atoms with Crippen molar-refractivity contribution in [3.63, 3.8) is 0 Å². The quantitative estimate of drug-likeness (QED) is 0.656. The molecule has 0 aliphatic carbocycles. The number of carbonyl (C=O) groups excluding carboxylic acids is 3. The van der Waals surface area contributed by atoms with Gasteiger partial charge in [-0.2, -0.15) is 0 Å². The molecule has 1 aliphatic heterocycles. The highest BCUT2D eigenvalue weighted by Gasteiger charge is 2.25. The van der Waals surface area contributed by atoms with Crippen molar-refractivity contribution in [1.29, 1.82) is 0 Å². The summed E-state index contributed by atoms with van der Waals surface area (Å²) in [4.78, 5) is 37.6. The number of cyclic esters (lactones) is 1. The van der Waals surface area contributed by atoms with Crippen molar-refractivity contribution in [2.45, 2.75) is 51.1 Å². The molecule has 0 saturated carbocycles. The van der Waals surface area contributed by atoms with Gasteiger partial charge in [-0.15, -0.1) is 0 Å². The van der Waals surface area contributed by atoms with E-state index < -0.39 is 17.9 Å². The van der Waals surface area contributed by atoms with E-state index in [9.17, 15) is 14.4 Å². The second kappa shape index (κ2) is 12.2. The number of nitrogens with one attached hydrogen (secondary N) is 2. The van der Waals surface area contributed by atoms with E-state index in [1.807, 2.05) is 42.5 Å². The average Bonchev–Trinajstić information content (AvgIpc) is 2.80. The van der Waals surface area contributed by atoms with E-state index >= 15 is 0 Å². The zero-order chi connectivity index (χ0) is 22.8. The Morgan fingerprint density at radius 1 is 1.03 bits per heavy atom. The van der Waals surface area contributed by atoms with Gasteiger partial charge in [0.15, 0.2) is 0 Å². The SMILES string of the molecule is O=C(CC1CCCCCC(=O)NC(c2ccccc2)COC1=O)NCc1ccc(Cl)cc1. The van der Waals surface area contributed by atoms with Gasteiger partial charge in [-0.25, -0.2) is 0 Å². The minimum absolute atomic E-state index is 0.0392. The van der Waals surface area contributed by atoms with Gasteiger partial charge in [0, 0.05) is 24.4 Å². The molecule has 2 aromatic carbocycles. The number of esters is 1.